The van der Waals surface area contributed by atoms with E-state index in [1.54, 1.807) is 23.4 Å². The van der Waals surface area contributed by atoms with Gasteiger partial charge in [0.1, 0.15) is 11.6 Å². The Hall–Kier alpha value is -3.68. The number of carbonyl (C=O) groups is 2. The number of nitrogens with zero attached hydrogens (tertiary/aromatic N) is 5. The molecule has 4 heterocycles. The summed E-state index contributed by atoms with van der Waals surface area (Å²) in [6.45, 7) is 3.51. The van der Waals surface area contributed by atoms with E-state index >= 15 is 0 Å². The van der Waals surface area contributed by atoms with E-state index in [4.69, 9.17) is 9.40 Å². The van der Waals surface area contributed by atoms with Gasteiger partial charge in [0.25, 0.3) is 0 Å². The van der Waals surface area contributed by atoms with E-state index in [1.165, 1.54) is 0 Å². The second kappa shape index (κ2) is 8.82. The van der Waals surface area contributed by atoms with Crippen molar-refractivity contribution in [3.8, 4) is 11.4 Å². The van der Waals surface area contributed by atoms with Gasteiger partial charge in [-0.15, -0.1) is 0 Å². The molecule has 1 aromatic carbocycles. The van der Waals surface area contributed by atoms with Gasteiger partial charge in [-0.2, -0.15) is 0 Å². The van der Waals surface area contributed by atoms with Crippen LogP contribution in [-0.2, 0) is 16.1 Å². The highest BCUT2D eigenvalue weighted by Gasteiger charge is 2.37. The first-order chi connectivity index (χ1) is 15.7. The molecule has 8 heteroatoms. The Morgan fingerprint density at radius 3 is 2.59 bits per heavy atom. The maximum Gasteiger partial charge on any atom is 0.228 e. The summed E-state index contributed by atoms with van der Waals surface area (Å²) in [6.07, 6.45) is 3.64. The molecular weight excluding hydrogens is 406 g/mol. The summed E-state index contributed by atoms with van der Waals surface area (Å²) in [5, 5.41) is 0. The maximum absolute atomic E-state index is 13.1. The first-order valence-electron chi connectivity index (χ1n) is 10.9. The highest BCUT2D eigenvalue weighted by Crippen LogP contribution is 2.24. The van der Waals surface area contributed by atoms with E-state index < -0.39 is 0 Å². The second-order valence-electron chi connectivity index (χ2n) is 8.17. The number of carbonyl (C=O) groups excluding carboxylic acids is 2. The molecule has 5 rings (SSSR count). The van der Waals surface area contributed by atoms with E-state index in [0.29, 0.717) is 45.1 Å². The third-order valence-corrected chi connectivity index (χ3v) is 6.08. The van der Waals surface area contributed by atoms with E-state index in [1.807, 2.05) is 47.4 Å². The van der Waals surface area contributed by atoms with Crippen molar-refractivity contribution >= 4 is 17.6 Å². The first-order valence-corrected chi connectivity index (χ1v) is 10.9. The van der Waals surface area contributed by atoms with Crippen LogP contribution in [0.15, 0.2) is 65.4 Å². The smallest absolute Gasteiger partial charge is 0.228 e. The Labute approximate surface area is 186 Å². The zero-order valence-electron chi connectivity index (χ0n) is 17.8. The number of likely N-dealkylation sites (tertiary alicyclic amines) is 1. The molecule has 2 fully saturated rings. The Balaban J connectivity index is 1.18. The molecule has 1 atom stereocenters. The molecule has 2 aliphatic rings. The fourth-order valence-electron chi connectivity index (χ4n) is 4.35. The van der Waals surface area contributed by atoms with Crippen molar-refractivity contribution in [2.24, 2.45) is 5.92 Å². The second-order valence-corrected chi connectivity index (χ2v) is 8.17. The van der Waals surface area contributed by atoms with Gasteiger partial charge in [0, 0.05) is 50.9 Å². The molecule has 0 spiro atoms. The van der Waals surface area contributed by atoms with Crippen LogP contribution in [-0.4, -0.2) is 64.3 Å². The molecule has 164 valence electrons. The molecule has 0 radical (unpaired) electrons. The quantitative estimate of drug-likeness (QED) is 0.617. The summed E-state index contributed by atoms with van der Waals surface area (Å²) < 4.78 is 5.34. The average molecular weight is 431 g/mol. The van der Waals surface area contributed by atoms with Crippen LogP contribution in [0.3, 0.4) is 0 Å². The topological polar surface area (TPSA) is 82.8 Å². The summed E-state index contributed by atoms with van der Waals surface area (Å²) in [6, 6.07) is 15.5. The first kappa shape index (κ1) is 20.2. The fourth-order valence-corrected chi connectivity index (χ4v) is 4.35. The molecule has 1 unspecified atom stereocenters. The fraction of sp³-hybridized carbons (Fsp3) is 0.333. The van der Waals surface area contributed by atoms with Gasteiger partial charge < -0.3 is 19.1 Å². The Morgan fingerprint density at radius 1 is 1.03 bits per heavy atom. The molecule has 2 amide bonds. The largest absolute Gasteiger partial charge is 0.467 e. The van der Waals surface area contributed by atoms with Crippen LogP contribution in [0.25, 0.3) is 11.4 Å². The Morgan fingerprint density at radius 2 is 1.84 bits per heavy atom. The van der Waals surface area contributed by atoms with Crippen molar-refractivity contribution in [1.82, 2.24) is 19.8 Å². The molecule has 2 aromatic heterocycles. The number of hydrogen-bond acceptors (Lipinski definition) is 6. The zero-order chi connectivity index (χ0) is 21.9. The average Bonchev–Trinajstić information content (AvgIpc) is 3.49. The van der Waals surface area contributed by atoms with Gasteiger partial charge in [-0.05, 0) is 18.2 Å². The number of piperazine rings is 1. The van der Waals surface area contributed by atoms with Crippen LogP contribution < -0.4 is 4.90 Å². The van der Waals surface area contributed by atoms with E-state index in [0.717, 1.165) is 17.1 Å². The predicted octanol–water partition coefficient (Wildman–Crippen LogP) is 2.43. The van der Waals surface area contributed by atoms with Crippen LogP contribution >= 0.6 is 0 Å². The van der Waals surface area contributed by atoms with Crippen molar-refractivity contribution < 1.29 is 14.0 Å². The number of amides is 2. The molecule has 0 bridgehead atoms. The van der Waals surface area contributed by atoms with Crippen LogP contribution in [0.2, 0.25) is 0 Å². The number of benzene rings is 1. The minimum atomic E-state index is -0.284. The van der Waals surface area contributed by atoms with Gasteiger partial charge in [-0.25, -0.2) is 9.97 Å². The number of rotatable bonds is 5. The summed E-state index contributed by atoms with van der Waals surface area (Å²) in [4.78, 5) is 40.3. The standard InChI is InChI=1S/C24H25N5O3/c30-22-15-19(16-29(22)17-20-7-4-14-32-20)24(31)28-12-10-27(11-13-28)21-8-9-25-23(26-21)18-5-2-1-3-6-18/h1-9,14,19H,10-13,15-17H2. The molecule has 3 aromatic rings. The van der Waals surface area contributed by atoms with Gasteiger partial charge in [0.15, 0.2) is 5.82 Å². The minimum absolute atomic E-state index is 0.00723. The van der Waals surface area contributed by atoms with Crippen molar-refractivity contribution in [3.63, 3.8) is 0 Å². The van der Waals surface area contributed by atoms with Crippen LogP contribution in [0, 0.1) is 5.92 Å². The number of aromatic nitrogens is 2. The normalized spacial score (nSPS) is 18.9. The van der Waals surface area contributed by atoms with Gasteiger partial charge in [-0.1, -0.05) is 30.3 Å². The van der Waals surface area contributed by atoms with Crippen molar-refractivity contribution in [2.75, 3.05) is 37.6 Å². The van der Waals surface area contributed by atoms with E-state index in [2.05, 4.69) is 9.88 Å². The van der Waals surface area contributed by atoms with Crippen molar-refractivity contribution in [2.45, 2.75) is 13.0 Å². The summed E-state index contributed by atoms with van der Waals surface area (Å²) >= 11 is 0. The summed E-state index contributed by atoms with van der Waals surface area (Å²) in [7, 11) is 0. The number of anilines is 1. The van der Waals surface area contributed by atoms with Gasteiger partial charge >= 0.3 is 0 Å². The molecule has 32 heavy (non-hydrogen) atoms. The Kier molecular flexibility index (Phi) is 5.58. The van der Waals surface area contributed by atoms with Crippen LogP contribution in [0.5, 0.6) is 0 Å². The zero-order valence-corrected chi connectivity index (χ0v) is 17.8. The summed E-state index contributed by atoms with van der Waals surface area (Å²) in [5.74, 6) is 2.09. The third-order valence-electron chi connectivity index (χ3n) is 6.08. The summed E-state index contributed by atoms with van der Waals surface area (Å²) in [5.41, 5.74) is 0.980. The lowest BCUT2D eigenvalue weighted by molar-refractivity contribution is -0.136. The Bertz CT molecular complexity index is 1080. The number of hydrogen-bond donors (Lipinski definition) is 0. The highest BCUT2D eigenvalue weighted by atomic mass is 16.3. The molecule has 2 aliphatic heterocycles. The minimum Gasteiger partial charge on any atom is -0.467 e. The lowest BCUT2D eigenvalue weighted by Crippen LogP contribution is -2.51. The van der Waals surface area contributed by atoms with Crippen LogP contribution in [0.1, 0.15) is 12.2 Å². The van der Waals surface area contributed by atoms with Gasteiger partial charge in [-0.3, -0.25) is 9.59 Å². The van der Waals surface area contributed by atoms with E-state index in [-0.39, 0.29) is 24.2 Å². The SMILES string of the molecule is O=C1CC(C(=O)N2CCN(c3ccnc(-c4ccccc4)n3)CC2)CN1Cc1ccco1. The van der Waals surface area contributed by atoms with Crippen molar-refractivity contribution in [1.29, 1.82) is 0 Å². The highest BCUT2D eigenvalue weighted by molar-refractivity contribution is 5.89. The lowest BCUT2D eigenvalue weighted by atomic mass is 10.1. The van der Waals surface area contributed by atoms with E-state index in [9.17, 15) is 9.59 Å². The van der Waals surface area contributed by atoms with Gasteiger partial charge in [0.05, 0.1) is 18.7 Å². The molecule has 8 nitrogen and oxygen atoms in total. The molecule has 0 N–H and O–H groups in total. The molecule has 2 saturated heterocycles. The number of furan rings is 1. The van der Waals surface area contributed by atoms with Gasteiger partial charge in [0.2, 0.25) is 11.8 Å². The predicted molar refractivity (Wildman–Crippen MR) is 118 cm³/mol. The maximum atomic E-state index is 13.1. The lowest BCUT2D eigenvalue weighted by Gasteiger charge is -2.36. The molecule has 0 aliphatic carbocycles. The molecule has 0 saturated carbocycles. The molecular formula is C24H25N5O3. The third kappa shape index (κ3) is 4.21. The van der Waals surface area contributed by atoms with Crippen molar-refractivity contribution in [3.05, 3.63) is 66.8 Å². The monoisotopic (exact) mass is 431 g/mol. The van der Waals surface area contributed by atoms with Crippen LogP contribution in [0.4, 0.5) is 5.82 Å².